The Hall–Kier alpha value is -0.610. The monoisotopic (exact) mass is 251 g/mol. The number of hydrogen-bond donors (Lipinski definition) is 1. The largest absolute Gasteiger partial charge is 0.339 e. The van der Waals surface area contributed by atoms with Gasteiger partial charge in [-0.15, -0.1) is 0 Å². The van der Waals surface area contributed by atoms with E-state index in [9.17, 15) is 4.79 Å². The molecule has 0 bridgehead atoms. The second-order valence-corrected chi connectivity index (χ2v) is 6.35. The number of carbonyl (C=O) groups is 1. The minimum Gasteiger partial charge on any atom is -0.339 e. The van der Waals surface area contributed by atoms with Gasteiger partial charge in [-0.25, -0.2) is 0 Å². The van der Waals surface area contributed by atoms with Crippen molar-refractivity contribution in [2.24, 2.45) is 17.6 Å². The van der Waals surface area contributed by atoms with Crippen LogP contribution in [0.15, 0.2) is 0 Å². The van der Waals surface area contributed by atoms with E-state index in [1.54, 1.807) is 0 Å². The van der Waals surface area contributed by atoms with Gasteiger partial charge in [0.05, 0.1) is 6.04 Å². The number of nitrogens with two attached hydrogens (primary N) is 1. The molecule has 102 valence electrons. The molecule has 3 rings (SSSR count). The number of carbonyl (C=O) groups excluding carboxylic acids is 1. The van der Waals surface area contributed by atoms with Crippen molar-refractivity contribution in [3.63, 3.8) is 0 Å². The molecule has 1 saturated heterocycles. The molecule has 18 heavy (non-hydrogen) atoms. The first-order chi connectivity index (χ1) is 8.72. The van der Waals surface area contributed by atoms with Gasteiger partial charge in [-0.2, -0.15) is 0 Å². The first-order valence-corrected chi connectivity index (χ1v) is 7.49. The standard InChI is InChI=1S/C14H25N3O/c15-13(9-11-1-2-11)14(18)17-7-5-16(6-8-17)10-12-3-4-12/h11-13H,1-10,15H2. The molecule has 2 saturated carbocycles. The van der Waals surface area contributed by atoms with Gasteiger partial charge in [0, 0.05) is 32.7 Å². The number of hydrogen-bond acceptors (Lipinski definition) is 3. The lowest BCUT2D eigenvalue weighted by Gasteiger charge is -2.36. The van der Waals surface area contributed by atoms with Crippen LogP contribution in [-0.2, 0) is 4.79 Å². The van der Waals surface area contributed by atoms with E-state index in [1.807, 2.05) is 4.90 Å². The van der Waals surface area contributed by atoms with E-state index in [1.165, 1.54) is 32.2 Å². The molecule has 3 fully saturated rings. The van der Waals surface area contributed by atoms with E-state index < -0.39 is 0 Å². The molecule has 1 unspecified atom stereocenters. The Kier molecular flexibility index (Phi) is 3.57. The maximum atomic E-state index is 12.2. The van der Waals surface area contributed by atoms with Crippen molar-refractivity contribution in [2.75, 3.05) is 32.7 Å². The minimum absolute atomic E-state index is 0.188. The summed E-state index contributed by atoms with van der Waals surface area (Å²) in [5.41, 5.74) is 6.01. The zero-order valence-electron chi connectivity index (χ0n) is 11.2. The van der Waals surface area contributed by atoms with Gasteiger partial charge < -0.3 is 10.6 Å². The molecule has 1 atom stereocenters. The molecule has 0 aromatic rings. The van der Waals surface area contributed by atoms with Gasteiger partial charge in [0.25, 0.3) is 0 Å². The molecule has 0 aromatic heterocycles. The fourth-order valence-electron chi connectivity index (χ4n) is 2.86. The summed E-state index contributed by atoms with van der Waals surface area (Å²) in [4.78, 5) is 16.7. The Bertz CT molecular complexity index is 304. The molecule has 2 N–H and O–H groups in total. The number of piperazine rings is 1. The van der Waals surface area contributed by atoms with Gasteiger partial charge in [0.2, 0.25) is 5.91 Å². The van der Waals surface area contributed by atoms with E-state index in [4.69, 9.17) is 5.73 Å². The van der Waals surface area contributed by atoms with Crippen molar-refractivity contribution in [2.45, 2.75) is 38.1 Å². The minimum atomic E-state index is -0.243. The molecule has 0 spiro atoms. The van der Waals surface area contributed by atoms with E-state index in [2.05, 4.69) is 4.90 Å². The molecule has 1 aliphatic heterocycles. The Morgan fingerprint density at radius 2 is 1.67 bits per heavy atom. The predicted molar refractivity (Wildman–Crippen MR) is 71.1 cm³/mol. The van der Waals surface area contributed by atoms with Gasteiger partial charge in [0.1, 0.15) is 0 Å². The van der Waals surface area contributed by atoms with Crippen molar-refractivity contribution in [3.8, 4) is 0 Å². The maximum Gasteiger partial charge on any atom is 0.239 e. The van der Waals surface area contributed by atoms with E-state index >= 15 is 0 Å². The van der Waals surface area contributed by atoms with Crippen molar-refractivity contribution < 1.29 is 4.79 Å². The Morgan fingerprint density at radius 1 is 1.06 bits per heavy atom. The van der Waals surface area contributed by atoms with Gasteiger partial charge >= 0.3 is 0 Å². The number of nitrogens with zero attached hydrogens (tertiary/aromatic N) is 2. The molecule has 3 aliphatic rings. The van der Waals surface area contributed by atoms with Crippen LogP contribution in [0.3, 0.4) is 0 Å². The van der Waals surface area contributed by atoms with E-state index in [-0.39, 0.29) is 11.9 Å². The summed E-state index contributed by atoms with van der Waals surface area (Å²) in [5, 5.41) is 0. The third kappa shape index (κ3) is 3.23. The summed E-state index contributed by atoms with van der Waals surface area (Å²) in [5.74, 6) is 1.87. The topological polar surface area (TPSA) is 49.6 Å². The van der Waals surface area contributed by atoms with Crippen molar-refractivity contribution in [1.82, 2.24) is 9.80 Å². The smallest absolute Gasteiger partial charge is 0.239 e. The van der Waals surface area contributed by atoms with Crippen LogP contribution in [0.2, 0.25) is 0 Å². The van der Waals surface area contributed by atoms with Crippen molar-refractivity contribution in [3.05, 3.63) is 0 Å². The second-order valence-electron chi connectivity index (χ2n) is 6.35. The normalized spacial score (nSPS) is 27.3. The summed E-state index contributed by atoms with van der Waals surface area (Å²) in [6.07, 6.45) is 6.27. The Balaban J connectivity index is 1.41. The Labute approximate surface area is 109 Å². The fourth-order valence-corrected chi connectivity index (χ4v) is 2.86. The quantitative estimate of drug-likeness (QED) is 0.781. The highest BCUT2D eigenvalue weighted by atomic mass is 16.2. The number of rotatable bonds is 5. The van der Waals surface area contributed by atoms with Crippen LogP contribution in [0.5, 0.6) is 0 Å². The molecule has 0 aromatic carbocycles. The zero-order chi connectivity index (χ0) is 12.5. The first-order valence-electron chi connectivity index (χ1n) is 7.49. The van der Waals surface area contributed by atoms with Crippen LogP contribution < -0.4 is 5.73 Å². The summed E-state index contributed by atoms with van der Waals surface area (Å²) >= 11 is 0. The van der Waals surface area contributed by atoms with E-state index in [0.29, 0.717) is 0 Å². The average Bonchev–Trinajstić information content (AvgIpc) is 3.25. The highest BCUT2D eigenvalue weighted by Gasteiger charge is 2.31. The summed E-state index contributed by atoms with van der Waals surface area (Å²) in [7, 11) is 0. The second kappa shape index (κ2) is 5.17. The lowest BCUT2D eigenvalue weighted by Crippen LogP contribution is -2.53. The fraction of sp³-hybridized carbons (Fsp3) is 0.929. The zero-order valence-corrected chi connectivity index (χ0v) is 11.2. The number of amides is 1. The summed E-state index contributed by atoms with van der Waals surface area (Å²) < 4.78 is 0. The third-order valence-electron chi connectivity index (χ3n) is 4.50. The molecular weight excluding hydrogens is 226 g/mol. The van der Waals surface area contributed by atoms with Crippen LogP contribution in [0.1, 0.15) is 32.1 Å². The maximum absolute atomic E-state index is 12.2. The van der Waals surface area contributed by atoms with E-state index in [0.717, 1.165) is 44.4 Å². The summed E-state index contributed by atoms with van der Waals surface area (Å²) in [6, 6.07) is -0.243. The molecule has 4 nitrogen and oxygen atoms in total. The SMILES string of the molecule is NC(CC1CC1)C(=O)N1CCN(CC2CC2)CC1. The molecule has 1 heterocycles. The van der Waals surface area contributed by atoms with Crippen LogP contribution in [0.4, 0.5) is 0 Å². The van der Waals surface area contributed by atoms with Crippen LogP contribution >= 0.6 is 0 Å². The lowest BCUT2D eigenvalue weighted by molar-refractivity contribution is -0.134. The molecule has 4 heteroatoms. The molecule has 2 aliphatic carbocycles. The van der Waals surface area contributed by atoms with Gasteiger partial charge in [-0.05, 0) is 31.1 Å². The average molecular weight is 251 g/mol. The highest BCUT2D eigenvalue weighted by Crippen LogP contribution is 2.33. The summed E-state index contributed by atoms with van der Waals surface area (Å²) in [6.45, 7) is 5.08. The predicted octanol–water partition coefficient (Wildman–Crippen LogP) is 0.668. The lowest BCUT2D eigenvalue weighted by atomic mass is 10.1. The molecule has 1 amide bonds. The van der Waals surface area contributed by atoms with Gasteiger partial charge in [-0.3, -0.25) is 9.69 Å². The van der Waals surface area contributed by atoms with Gasteiger partial charge in [-0.1, -0.05) is 12.8 Å². The van der Waals surface area contributed by atoms with Crippen LogP contribution in [0.25, 0.3) is 0 Å². The van der Waals surface area contributed by atoms with Crippen molar-refractivity contribution in [1.29, 1.82) is 0 Å². The highest BCUT2D eigenvalue weighted by molar-refractivity contribution is 5.81. The van der Waals surface area contributed by atoms with Gasteiger partial charge in [0.15, 0.2) is 0 Å². The van der Waals surface area contributed by atoms with Crippen molar-refractivity contribution >= 4 is 5.91 Å². The van der Waals surface area contributed by atoms with Crippen LogP contribution in [-0.4, -0.2) is 54.5 Å². The third-order valence-corrected chi connectivity index (χ3v) is 4.50. The Morgan fingerprint density at radius 3 is 2.22 bits per heavy atom. The van der Waals surface area contributed by atoms with Crippen LogP contribution in [0, 0.1) is 11.8 Å². The first kappa shape index (κ1) is 12.4. The molecule has 0 radical (unpaired) electrons. The molecular formula is C14H25N3O.